The number of hydrogen-bond acceptors (Lipinski definition) is 0. The fraction of sp³-hybridized carbons (Fsp3) is 0.500. The fourth-order valence-corrected chi connectivity index (χ4v) is 16.8. The van der Waals surface area contributed by atoms with Crippen LogP contribution in [0.15, 0.2) is 43.4 Å². The third-order valence-electron chi connectivity index (χ3n) is 4.66. The van der Waals surface area contributed by atoms with Crippen molar-refractivity contribution in [1.29, 1.82) is 0 Å². The number of halogens is 2. The van der Waals surface area contributed by atoms with Crippen molar-refractivity contribution < 1.29 is 22.4 Å². The van der Waals surface area contributed by atoms with Gasteiger partial charge in [0.05, 0.1) is 0 Å². The van der Waals surface area contributed by atoms with Gasteiger partial charge in [0.1, 0.15) is 0 Å². The van der Waals surface area contributed by atoms with Gasteiger partial charge in [-0.1, -0.05) is 0 Å². The molecule has 4 heteroatoms. The zero-order valence-electron chi connectivity index (χ0n) is 13.3. The second kappa shape index (κ2) is 7.77. The first-order chi connectivity index (χ1) is 8.34. The number of allylic oxidation sites excluding steroid dienone is 8. The topological polar surface area (TPSA) is 0 Å². The molecule has 2 aliphatic rings. The van der Waals surface area contributed by atoms with Crippen LogP contribution >= 0.6 is 24.8 Å². The zero-order chi connectivity index (χ0) is 13.5. The van der Waals surface area contributed by atoms with Gasteiger partial charge in [-0.3, -0.25) is 0 Å². The molecule has 1 unspecified atom stereocenters. The molecule has 112 valence electrons. The second-order valence-electron chi connectivity index (χ2n) is 6.14. The normalized spacial score (nSPS) is 21.7. The second-order valence-corrected chi connectivity index (χ2v) is 22.7. The summed E-state index contributed by atoms with van der Waals surface area (Å²) in [5.74, 6) is 0.748. The van der Waals surface area contributed by atoms with Crippen LogP contribution in [0.1, 0.15) is 34.1 Å². The standard InChI is InChI=1S/C9H13.C7H11Si.2ClH.Zr/c1-6-5-7(2)9(4)8(6)3;1-8(2)7-5-3-4-6-7;;;/h6H,1-4H3;3-5H,6H2,1-2H3;2*1H;. The Morgan fingerprint density at radius 1 is 1.10 bits per heavy atom. The Morgan fingerprint density at radius 2 is 1.70 bits per heavy atom. The summed E-state index contributed by atoms with van der Waals surface area (Å²) >= 11 is -0.426. The summed E-state index contributed by atoms with van der Waals surface area (Å²) in [6, 6.07) is 0. The van der Waals surface area contributed by atoms with Crippen molar-refractivity contribution in [1.82, 2.24) is 0 Å². The Hall–Kier alpha value is 0.640. The van der Waals surface area contributed by atoms with E-state index in [0.29, 0.717) is 0 Å². The fourth-order valence-electron chi connectivity index (χ4n) is 2.89. The van der Waals surface area contributed by atoms with Gasteiger partial charge in [0, 0.05) is 0 Å². The van der Waals surface area contributed by atoms with Crippen LogP contribution in [-0.2, 0) is 22.4 Å². The molecule has 0 radical (unpaired) electrons. The molecule has 1 atom stereocenters. The van der Waals surface area contributed by atoms with Crippen LogP contribution in [0.5, 0.6) is 0 Å². The molecule has 0 aromatic heterocycles. The van der Waals surface area contributed by atoms with Gasteiger partial charge in [0.15, 0.2) is 0 Å². The van der Waals surface area contributed by atoms with Crippen molar-refractivity contribution in [2.45, 2.75) is 47.2 Å². The first-order valence-corrected chi connectivity index (χ1v) is 14.8. The van der Waals surface area contributed by atoms with E-state index in [-0.39, 0.29) is 24.8 Å². The summed E-state index contributed by atoms with van der Waals surface area (Å²) in [6.45, 7) is 14.7. The Balaban J connectivity index is 0.00000180. The van der Waals surface area contributed by atoms with E-state index in [9.17, 15) is 0 Å². The summed E-state index contributed by atoms with van der Waals surface area (Å²) in [5.41, 5.74) is 4.87. The van der Waals surface area contributed by atoms with E-state index in [1.54, 1.807) is 21.9 Å². The summed E-state index contributed by atoms with van der Waals surface area (Å²) in [5, 5.41) is 0.701. The molecule has 0 aromatic carbocycles. The quantitative estimate of drug-likeness (QED) is 0.518. The minimum atomic E-state index is -1.09. The minimum absolute atomic E-state index is 0. The molecule has 0 bridgehead atoms. The maximum absolute atomic E-state index is 2.61. The van der Waals surface area contributed by atoms with Crippen molar-refractivity contribution >= 4 is 30.0 Å². The molecule has 0 nitrogen and oxygen atoms in total. The third kappa shape index (κ3) is 3.88. The van der Waals surface area contributed by atoms with E-state index in [2.05, 4.69) is 59.0 Å². The van der Waals surface area contributed by atoms with Crippen LogP contribution in [0, 0.1) is 5.92 Å². The molecule has 2 aliphatic carbocycles. The SMILES string of the molecule is CC1=C(C)C(C)[C]([Zr][Si](C)(C)C2=CC=CC2)=C1C.Cl.Cl. The van der Waals surface area contributed by atoms with Gasteiger partial charge in [-0.25, -0.2) is 0 Å². The van der Waals surface area contributed by atoms with Crippen LogP contribution in [0.4, 0.5) is 0 Å². The molecule has 0 aromatic rings. The third-order valence-corrected chi connectivity index (χ3v) is 18.5. The predicted molar refractivity (Wildman–Crippen MR) is 94.1 cm³/mol. The van der Waals surface area contributed by atoms with Gasteiger partial charge >= 0.3 is 124 Å². The maximum Gasteiger partial charge on any atom is -0.147 e. The van der Waals surface area contributed by atoms with Crippen molar-refractivity contribution in [3.63, 3.8) is 0 Å². The first kappa shape index (κ1) is 20.6. The molecule has 20 heavy (non-hydrogen) atoms. The van der Waals surface area contributed by atoms with Crippen LogP contribution < -0.4 is 0 Å². The first-order valence-electron chi connectivity index (χ1n) is 6.87. The van der Waals surface area contributed by atoms with E-state index in [0.717, 1.165) is 5.92 Å². The van der Waals surface area contributed by atoms with Crippen molar-refractivity contribution in [3.05, 3.63) is 43.4 Å². The van der Waals surface area contributed by atoms with Crippen LogP contribution in [0.2, 0.25) is 13.1 Å². The van der Waals surface area contributed by atoms with Gasteiger partial charge in [0.25, 0.3) is 0 Å². The van der Waals surface area contributed by atoms with Gasteiger partial charge < -0.3 is 0 Å². The van der Waals surface area contributed by atoms with Crippen LogP contribution in [0.25, 0.3) is 0 Å². The summed E-state index contributed by atoms with van der Waals surface area (Å²) in [6.07, 6.45) is 8.25. The Bertz CT molecular complexity index is 499. The molecule has 0 N–H and O–H groups in total. The Morgan fingerprint density at radius 3 is 2.10 bits per heavy atom. The molecule has 0 fully saturated rings. The van der Waals surface area contributed by atoms with Crippen LogP contribution in [0.3, 0.4) is 0 Å². The van der Waals surface area contributed by atoms with Crippen molar-refractivity contribution in [3.8, 4) is 0 Å². The van der Waals surface area contributed by atoms with Gasteiger partial charge in [0.2, 0.25) is 0 Å². The minimum Gasteiger partial charge on any atom is -0.147 e. The average molecular weight is 409 g/mol. The molecule has 0 heterocycles. The van der Waals surface area contributed by atoms with E-state index in [4.69, 9.17) is 0 Å². The van der Waals surface area contributed by atoms with E-state index in [1.807, 2.05) is 3.28 Å². The molecular formula is C16H26Cl2SiZr. The molecule has 2 rings (SSSR count). The average Bonchev–Trinajstić information content (AvgIpc) is 2.91. The van der Waals surface area contributed by atoms with E-state index in [1.165, 1.54) is 6.42 Å². The summed E-state index contributed by atoms with van der Waals surface area (Å²) in [4.78, 5) is 0. The largest absolute Gasteiger partial charge is 0.147 e. The van der Waals surface area contributed by atoms with E-state index < -0.39 is 27.6 Å². The van der Waals surface area contributed by atoms with Gasteiger partial charge in [-0.05, 0) is 0 Å². The van der Waals surface area contributed by atoms with Crippen molar-refractivity contribution in [2.24, 2.45) is 5.92 Å². The van der Waals surface area contributed by atoms with Gasteiger partial charge in [-0.15, -0.1) is 24.8 Å². The molecule has 0 saturated heterocycles. The maximum atomic E-state index is 2.61. The monoisotopic (exact) mass is 406 g/mol. The van der Waals surface area contributed by atoms with Crippen molar-refractivity contribution in [2.75, 3.05) is 0 Å². The zero-order valence-corrected chi connectivity index (χ0v) is 18.4. The Kier molecular flexibility index (Phi) is 8.02. The molecule has 0 aliphatic heterocycles. The Labute approximate surface area is 148 Å². The smallest absolute Gasteiger partial charge is 0.147 e. The summed E-state index contributed by atoms with van der Waals surface area (Å²) < 4.78 is 1.89. The molecule has 0 amide bonds. The van der Waals surface area contributed by atoms with Crippen LogP contribution in [-0.4, -0.2) is 5.20 Å². The predicted octanol–water partition coefficient (Wildman–Crippen LogP) is 5.80. The van der Waals surface area contributed by atoms with Gasteiger partial charge in [-0.2, -0.15) is 0 Å². The van der Waals surface area contributed by atoms with E-state index >= 15 is 0 Å². The molecule has 0 spiro atoms. The number of rotatable bonds is 3. The summed E-state index contributed by atoms with van der Waals surface area (Å²) in [7, 11) is 0. The number of hydrogen-bond donors (Lipinski definition) is 0. The molecular weight excluding hydrogens is 382 g/mol. The molecule has 0 saturated carbocycles.